The molecule has 7 heteroatoms. The van der Waals surface area contributed by atoms with Crippen LogP contribution in [0.2, 0.25) is 5.02 Å². The van der Waals surface area contributed by atoms with Crippen LogP contribution in [0.15, 0.2) is 61.1 Å². The van der Waals surface area contributed by atoms with Crippen LogP contribution < -0.4 is 15.1 Å². The number of thiocarbonyl (C=S) groups is 1. The highest BCUT2D eigenvalue weighted by atomic mass is 35.5. The quantitative estimate of drug-likeness (QED) is 0.348. The Hall–Kier alpha value is -2.57. The summed E-state index contributed by atoms with van der Waals surface area (Å²) in [6.45, 7) is 6.76. The van der Waals surface area contributed by atoms with Crippen molar-refractivity contribution in [1.29, 1.82) is 0 Å². The van der Waals surface area contributed by atoms with Crippen molar-refractivity contribution in [2.24, 2.45) is 11.8 Å². The molecule has 3 aromatic rings. The van der Waals surface area contributed by atoms with Crippen LogP contribution >= 0.6 is 23.8 Å². The Bertz CT molecular complexity index is 1240. The van der Waals surface area contributed by atoms with Gasteiger partial charge in [-0.25, -0.2) is 0 Å². The molecule has 3 fully saturated rings. The maximum atomic E-state index is 6.97. The first kappa shape index (κ1) is 24.7. The van der Waals surface area contributed by atoms with Crippen LogP contribution in [0.3, 0.4) is 0 Å². The monoisotopic (exact) mass is 533 g/mol. The molecule has 2 aliphatic heterocycles. The predicted octanol–water partition coefficient (Wildman–Crippen LogP) is 7.31. The molecule has 1 aliphatic carbocycles. The molecule has 0 radical (unpaired) electrons. The van der Waals surface area contributed by atoms with Gasteiger partial charge < -0.3 is 19.7 Å². The number of benzene rings is 1. The van der Waals surface area contributed by atoms with Gasteiger partial charge in [-0.05, 0) is 85.3 Å². The zero-order valence-corrected chi connectivity index (χ0v) is 23.3. The molecule has 1 saturated carbocycles. The van der Waals surface area contributed by atoms with Gasteiger partial charge >= 0.3 is 0 Å². The fourth-order valence-electron chi connectivity index (χ4n) is 6.77. The zero-order chi connectivity index (χ0) is 25.5. The Balaban J connectivity index is 1.36. The van der Waals surface area contributed by atoms with Gasteiger partial charge in [-0.1, -0.05) is 44.4 Å². The minimum atomic E-state index is -0.0460. The normalized spacial score (nSPS) is 26.6. The summed E-state index contributed by atoms with van der Waals surface area (Å²) in [6, 6.07) is 15.3. The van der Waals surface area contributed by atoms with E-state index in [2.05, 4.69) is 76.3 Å². The van der Waals surface area contributed by atoms with E-state index in [9.17, 15) is 0 Å². The largest absolute Gasteiger partial charge is 0.370 e. The van der Waals surface area contributed by atoms with Gasteiger partial charge in [-0.15, -0.1) is 0 Å². The SMILES string of the molecule is C[C@@H]1C[C@H](C)CN(c2ccc(N3C(=S)N[C@@H](c4ccccn4)[C@@H]3c3ccn(C4CCCC4)c3)cc2Cl)C1. The van der Waals surface area contributed by atoms with E-state index < -0.39 is 0 Å². The number of aromatic nitrogens is 2. The van der Waals surface area contributed by atoms with Crippen molar-refractivity contribution in [3.63, 3.8) is 0 Å². The Labute approximate surface area is 230 Å². The molecule has 4 heterocycles. The molecule has 2 aromatic heterocycles. The number of hydrogen-bond acceptors (Lipinski definition) is 3. The molecular weight excluding hydrogens is 498 g/mol. The molecule has 0 bridgehead atoms. The fourth-order valence-corrected chi connectivity index (χ4v) is 7.41. The molecule has 0 amide bonds. The Kier molecular flexibility index (Phi) is 6.89. The molecule has 5 nitrogen and oxygen atoms in total. The summed E-state index contributed by atoms with van der Waals surface area (Å²) in [5, 5.41) is 5.08. The number of rotatable bonds is 5. The smallest absolute Gasteiger partial charge is 0.174 e. The maximum absolute atomic E-state index is 6.97. The van der Waals surface area contributed by atoms with Crippen molar-refractivity contribution in [3.05, 3.63) is 77.3 Å². The van der Waals surface area contributed by atoms with Crippen LogP contribution in [0.5, 0.6) is 0 Å². The van der Waals surface area contributed by atoms with Crippen molar-refractivity contribution >= 4 is 40.3 Å². The standard InChI is InChI=1S/C30H36ClN5S/c1-20-15-21(2)18-35(17-20)27-11-10-24(16-25(27)31)36-29(22-12-14-34(19-22)23-7-3-4-8-23)28(33-30(36)37)26-9-5-6-13-32-26/h5-6,9-14,16,19-21,23,28-29H,3-4,7-8,15,17-18H2,1-2H3,(H,33,37)/t20-,21+,28-,29-/m0/s1. The van der Waals surface area contributed by atoms with Gasteiger partial charge in [0.15, 0.2) is 5.11 Å². The number of pyridine rings is 1. The molecule has 194 valence electrons. The lowest BCUT2D eigenvalue weighted by Crippen LogP contribution is -2.38. The summed E-state index contributed by atoms with van der Waals surface area (Å²) in [6.07, 6.45) is 12.8. The van der Waals surface area contributed by atoms with E-state index in [-0.39, 0.29) is 12.1 Å². The topological polar surface area (TPSA) is 36.3 Å². The number of hydrogen-bond donors (Lipinski definition) is 1. The first-order valence-corrected chi connectivity index (χ1v) is 14.5. The van der Waals surface area contributed by atoms with Crippen LogP contribution in [-0.4, -0.2) is 27.8 Å². The highest BCUT2D eigenvalue weighted by molar-refractivity contribution is 7.80. The third-order valence-corrected chi connectivity index (χ3v) is 8.96. The molecule has 37 heavy (non-hydrogen) atoms. The molecule has 6 rings (SSSR count). The molecule has 0 spiro atoms. The van der Waals surface area contributed by atoms with E-state index >= 15 is 0 Å². The minimum Gasteiger partial charge on any atom is -0.370 e. The number of anilines is 2. The summed E-state index contributed by atoms with van der Waals surface area (Å²) in [7, 11) is 0. The summed E-state index contributed by atoms with van der Waals surface area (Å²) in [5.74, 6) is 1.34. The van der Waals surface area contributed by atoms with Crippen LogP contribution in [-0.2, 0) is 0 Å². The van der Waals surface area contributed by atoms with Gasteiger partial charge in [0.2, 0.25) is 0 Å². The molecule has 4 atom stereocenters. The van der Waals surface area contributed by atoms with Crippen molar-refractivity contribution < 1.29 is 0 Å². The summed E-state index contributed by atoms with van der Waals surface area (Å²) < 4.78 is 2.41. The lowest BCUT2D eigenvalue weighted by molar-refractivity contribution is 0.357. The first-order chi connectivity index (χ1) is 18.0. The van der Waals surface area contributed by atoms with Crippen LogP contribution in [0.4, 0.5) is 11.4 Å². The molecule has 1 N–H and O–H groups in total. The fraction of sp³-hybridized carbons (Fsp3) is 0.467. The van der Waals surface area contributed by atoms with Gasteiger partial charge in [0.05, 0.1) is 28.5 Å². The first-order valence-electron chi connectivity index (χ1n) is 13.7. The summed E-state index contributed by atoms with van der Waals surface area (Å²) >= 11 is 12.9. The van der Waals surface area contributed by atoms with Gasteiger partial charge in [-0.3, -0.25) is 4.98 Å². The number of piperidine rings is 1. The van der Waals surface area contributed by atoms with Gasteiger partial charge in [0, 0.05) is 43.4 Å². The average molecular weight is 534 g/mol. The second-order valence-corrected chi connectivity index (χ2v) is 12.1. The van der Waals surface area contributed by atoms with Gasteiger partial charge in [-0.2, -0.15) is 0 Å². The number of nitrogens with zero attached hydrogens (tertiary/aromatic N) is 4. The number of nitrogens with one attached hydrogen (secondary N) is 1. The van der Waals surface area contributed by atoms with Crippen molar-refractivity contribution in [3.8, 4) is 0 Å². The minimum absolute atomic E-state index is 0.0120. The van der Waals surface area contributed by atoms with E-state index in [1.165, 1.54) is 37.7 Å². The molecular formula is C30H36ClN5S. The van der Waals surface area contributed by atoms with Gasteiger partial charge in [0.1, 0.15) is 0 Å². The molecule has 3 aliphatic rings. The lowest BCUT2D eigenvalue weighted by Gasteiger charge is -2.37. The third-order valence-electron chi connectivity index (χ3n) is 8.34. The van der Waals surface area contributed by atoms with Gasteiger partial charge in [0.25, 0.3) is 0 Å². The van der Waals surface area contributed by atoms with E-state index in [0.29, 0.717) is 23.0 Å². The predicted molar refractivity (Wildman–Crippen MR) is 156 cm³/mol. The highest BCUT2D eigenvalue weighted by Gasteiger charge is 2.41. The van der Waals surface area contributed by atoms with Crippen molar-refractivity contribution in [2.75, 3.05) is 22.9 Å². The van der Waals surface area contributed by atoms with E-state index in [1.807, 2.05) is 18.3 Å². The maximum Gasteiger partial charge on any atom is 0.174 e. The summed E-state index contributed by atoms with van der Waals surface area (Å²) in [4.78, 5) is 9.38. The van der Waals surface area contributed by atoms with E-state index in [1.54, 1.807) is 0 Å². The van der Waals surface area contributed by atoms with E-state index in [4.69, 9.17) is 28.8 Å². The van der Waals surface area contributed by atoms with Crippen molar-refractivity contribution in [2.45, 2.75) is 64.1 Å². The van der Waals surface area contributed by atoms with Crippen LogP contribution in [0, 0.1) is 11.8 Å². The van der Waals surface area contributed by atoms with Crippen molar-refractivity contribution in [1.82, 2.24) is 14.9 Å². The highest BCUT2D eigenvalue weighted by Crippen LogP contribution is 2.44. The zero-order valence-electron chi connectivity index (χ0n) is 21.7. The van der Waals surface area contributed by atoms with Crippen LogP contribution in [0.25, 0.3) is 0 Å². The third kappa shape index (κ3) is 4.86. The average Bonchev–Trinajstić information content (AvgIpc) is 3.63. The Morgan fingerprint density at radius 1 is 1.03 bits per heavy atom. The molecule has 1 aromatic carbocycles. The second kappa shape index (κ2) is 10.3. The molecule has 0 unspecified atom stereocenters. The number of halogens is 1. The molecule has 2 saturated heterocycles. The van der Waals surface area contributed by atoms with E-state index in [0.717, 1.165) is 35.2 Å². The lowest BCUT2D eigenvalue weighted by atomic mass is 9.91. The Morgan fingerprint density at radius 2 is 1.81 bits per heavy atom. The second-order valence-electron chi connectivity index (χ2n) is 11.3. The van der Waals surface area contributed by atoms with Crippen LogP contribution in [0.1, 0.15) is 75.3 Å². The summed E-state index contributed by atoms with van der Waals surface area (Å²) in [5.41, 5.74) is 4.37. The Morgan fingerprint density at radius 3 is 2.51 bits per heavy atom.